The van der Waals surface area contributed by atoms with E-state index in [2.05, 4.69) is 0 Å². The van der Waals surface area contributed by atoms with E-state index >= 15 is 0 Å². The molecule has 0 saturated carbocycles. The molecule has 4 heteroatoms. The quantitative estimate of drug-likeness (QED) is 0.857. The van der Waals surface area contributed by atoms with E-state index in [4.69, 9.17) is 16.7 Å². The predicted octanol–water partition coefficient (Wildman–Crippen LogP) is 3.01. The normalized spacial score (nSPS) is 11.5. The first-order valence-electron chi connectivity index (χ1n) is 4.95. The third kappa shape index (κ3) is 2.67. The van der Waals surface area contributed by atoms with Crippen molar-refractivity contribution in [2.75, 3.05) is 0 Å². The summed E-state index contributed by atoms with van der Waals surface area (Å²) in [5, 5.41) is 18.8. The summed E-state index contributed by atoms with van der Waals surface area (Å²) >= 11 is 5.83. The molecule has 0 aliphatic carbocycles. The second kappa shape index (κ2) is 4.34. The third-order valence-electron chi connectivity index (χ3n) is 2.54. The molecule has 3 nitrogen and oxygen atoms in total. The molecule has 0 aliphatic heterocycles. The zero-order valence-electron chi connectivity index (χ0n) is 9.54. The summed E-state index contributed by atoms with van der Waals surface area (Å²) in [5.41, 5.74) is 0.628. The first kappa shape index (κ1) is 12.8. The highest BCUT2D eigenvalue weighted by Crippen LogP contribution is 2.31. The molecule has 2 N–H and O–H groups in total. The molecular formula is C12H15ClO3. The van der Waals surface area contributed by atoms with E-state index in [9.17, 15) is 9.90 Å². The van der Waals surface area contributed by atoms with Gasteiger partial charge in [0.25, 0.3) is 0 Å². The SMILES string of the molecule is Cc1cc(CC(C)(C)C(=O)O)cc(Cl)c1O. The maximum atomic E-state index is 11.0. The Bertz CT molecular complexity index is 401. The van der Waals surface area contributed by atoms with Crippen molar-refractivity contribution in [1.82, 2.24) is 0 Å². The topological polar surface area (TPSA) is 57.5 Å². The van der Waals surface area contributed by atoms with E-state index in [0.29, 0.717) is 12.0 Å². The highest BCUT2D eigenvalue weighted by Gasteiger charge is 2.27. The molecular weight excluding hydrogens is 228 g/mol. The van der Waals surface area contributed by atoms with Crippen molar-refractivity contribution in [3.05, 3.63) is 28.3 Å². The summed E-state index contributed by atoms with van der Waals surface area (Å²) in [6.07, 6.45) is 0.378. The van der Waals surface area contributed by atoms with Gasteiger partial charge in [-0.15, -0.1) is 0 Å². The van der Waals surface area contributed by atoms with Crippen LogP contribution in [0.5, 0.6) is 5.75 Å². The largest absolute Gasteiger partial charge is 0.506 e. The number of benzene rings is 1. The van der Waals surface area contributed by atoms with Crippen LogP contribution in [-0.2, 0) is 11.2 Å². The van der Waals surface area contributed by atoms with Crippen molar-refractivity contribution in [2.24, 2.45) is 5.41 Å². The summed E-state index contributed by atoms with van der Waals surface area (Å²) in [5.74, 6) is -0.798. The molecule has 0 aliphatic rings. The number of phenols is 1. The lowest BCUT2D eigenvalue weighted by Crippen LogP contribution is -2.26. The van der Waals surface area contributed by atoms with Gasteiger partial charge in [-0.25, -0.2) is 0 Å². The Morgan fingerprint density at radius 3 is 2.44 bits per heavy atom. The number of hydrogen-bond acceptors (Lipinski definition) is 2. The van der Waals surface area contributed by atoms with Crippen LogP contribution in [0.3, 0.4) is 0 Å². The maximum absolute atomic E-state index is 11.0. The van der Waals surface area contributed by atoms with Crippen molar-refractivity contribution >= 4 is 17.6 Å². The van der Waals surface area contributed by atoms with Crippen LogP contribution < -0.4 is 0 Å². The van der Waals surface area contributed by atoms with E-state index in [1.54, 1.807) is 32.9 Å². The summed E-state index contributed by atoms with van der Waals surface area (Å²) in [6.45, 7) is 5.05. The van der Waals surface area contributed by atoms with Crippen LogP contribution in [0.25, 0.3) is 0 Å². The van der Waals surface area contributed by atoms with Gasteiger partial charge in [0.05, 0.1) is 10.4 Å². The van der Waals surface area contributed by atoms with Crippen LogP contribution in [-0.4, -0.2) is 16.2 Å². The van der Waals surface area contributed by atoms with Crippen LogP contribution in [0, 0.1) is 12.3 Å². The van der Waals surface area contributed by atoms with E-state index in [1.165, 1.54) is 0 Å². The van der Waals surface area contributed by atoms with Gasteiger partial charge in [-0.2, -0.15) is 0 Å². The number of carbonyl (C=O) groups is 1. The molecule has 88 valence electrons. The fourth-order valence-corrected chi connectivity index (χ4v) is 1.78. The Balaban J connectivity index is 3.04. The number of aromatic hydroxyl groups is 1. The molecule has 0 bridgehead atoms. The number of aliphatic carboxylic acids is 1. The molecule has 1 rings (SSSR count). The Kier molecular flexibility index (Phi) is 3.48. The molecule has 0 saturated heterocycles. The summed E-state index contributed by atoms with van der Waals surface area (Å²) in [6, 6.07) is 3.36. The highest BCUT2D eigenvalue weighted by molar-refractivity contribution is 6.32. The number of carboxylic acid groups (broad SMARTS) is 1. The van der Waals surface area contributed by atoms with Gasteiger partial charge in [0.1, 0.15) is 5.75 Å². The number of hydrogen-bond donors (Lipinski definition) is 2. The number of carboxylic acids is 1. The lowest BCUT2D eigenvalue weighted by atomic mass is 9.85. The van der Waals surface area contributed by atoms with Gasteiger partial charge in [-0.05, 0) is 44.4 Å². The van der Waals surface area contributed by atoms with Crippen molar-refractivity contribution < 1.29 is 15.0 Å². The number of aryl methyl sites for hydroxylation is 1. The average Bonchev–Trinajstić information content (AvgIpc) is 2.13. The van der Waals surface area contributed by atoms with Crippen molar-refractivity contribution in [3.8, 4) is 5.75 Å². The van der Waals surface area contributed by atoms with Gasteiger partial charge in [-0.1, -0.05) is 17.7 Å². The molecule has 1 aromatic rings. The molecule has 0 unspecified atom stereocenters. The van der Waals surface area contributed by atoms with Crippen molar-refractivity contribution in [2.45, 2.75) is 27.2 Å². The zero-order chi connectivity index (χ0) is 12.5. The third-order valence-corrected chi connectivity index (χ3v) is 2.83. The predicted molar refractivity (Wildman–Crippen MR) is 63.0 cm³/mol. The summed E-state index contributed by atoms with van der Waals surface area (Å²) in [4.78, 5) is 11.0. The Hall–Kier alpha value is -1.22. The van der Waals surface area contributed by atoms with Gasteiger partial charge in [0.15, 0.2) is 0 Å². The fourth-order valence-electron chi connectivity index (χ4n) is 1.50. The minimum atomic E-state index is -0.852. The van der Waals surface area contributed by atoms with E-state index in [1.807, 2.05) is 0 Å². The van der Waals surface area contributed by atoms with Gasteiger partial charge in [0.2, 0.25) is 0 Å². The van der Waals surface area contributed by atoms with Crippen LogP contribution in [0.1, 0.15) is 25.0 Å². The lowest BCUT2D eigenvalue weighted by molar-refractivity contribution is -0.146. The highest BCUT2D eigenvalue weighted by atomic mass is 35.5. The molecule has 0 fully saturated rings. The van der Waals surface area contributed by atoms with Gasteiger partial charge in [0, 0.05) is 0 Å². The second-order valence-corrected chi connectivity index (χ2v) is 5.02. The second-order valence-electron chi connectivity index (χ2n) is 4.61. The lowest BCUT2D eigenvalue weighted by Gasteiger charge is -2.19. The molecule has 0 amide bonds. The number of phenolic OH excluding ortho intramolecular Hbond substituents is 1. The molecule has 0 aromatic heterocycles. The smallest absolute Gasteiger partial charge is 0.309 e. The Morgan fingerprint density at radius 1 is 1.44 bits per heavy atom. The first-order chi connectivity index (χ1) is 7.24. The zero-order valence-corrected chi connectivity index (χ0v) is 10.3. The molecule has 16 heavy (non-hydrogen) atoms. The Labute approximate surface area is 99.7 Å². The molecule has 0 atom stereocenters. The minimum Gasteiger partial charge on any atom is -0.506 e. The number of halogens is 1. The van der Waals surface area contributed by atoms with Crippen LogP contribution in [0.15, 0.2) is 12.1 Å². The monoisotopic (exact) mass is 242 g/mol. The van der Waals surface area contributed by atoms with Crippen LogP contribution in [0.2, 0.25) is 5.02 Å². The van der Waals surface area contributed by atoms with Crippen molar-refractivity contribution in [1.29, 1.82) is 0 Å². The summed E-state index contributed by atoms with van der Waals surface area (Å²) < 4.78 is 0. The fraction of sp³-hybridized carbons (Fsp3) is 0.417. The van der Waals surface area contributed by atoms with Crippen LogP contribution >= 0.6 is 11.6 Å². The summed E-state index contributed by atoms with van der Waals surface area (Å²) in [7, 11) is 0. The minimum absolute atomic E-state index is 0.0542. The van der Waals surface area contributed by atoms with Gasteiger partial charge >= 0.3 is 5.97 Å². The maximum Gasteiger partial charge on any atom is 0.309 e. The van der Waals surface area contributed by atoms with Crippen LogP contribution in [0.4, 0.5) is 0 Å². The molecule has 0 radical (unpaired) electrons. The van der Waals surface area contributed by atoms with E-state index in [0.717, 1.165) is 5.56 Å². The molecule has 0 spiro atoms. The average molecular weight is 243 g/mol. The molecule has 1 aromatic carbocycles. The first-order valence-corrected chi connectivity index (χ1v) is 5.33. The van der Waals surface area contributed by atoms with Gasteiger partial charge in [-0.3, -0.25) is 4.79 Å². The van der Waals surface area contributed by atoms with E-state index in [-0.39, 0.29) is 10.8 Å². The number of rotatable bonds is 3. The standard InChI is InChI=1S/C12H15ClO3/c1-7-4-8(5-9(13)10(7)14)6-12(2,3)11(15)16/h4-5,14H,6H2,1-3H3,(H,15,16). The van der Waals surface area contributed by atoms with Gasteiger partial charge < -0.3 is 10.2 Å². The Morgan fingerprint density at radius 2 is 2.00 bits per heavy atom. The van der Waals surface area contributed by atoms with E-state index < -0.39 is 11.4 Å². The molecule has 0 heterocycles. The van der Waals surface area contributed by atoms with Crippen molar-refractivity contribution in [3.63, 3.8) is 0 Å².